The number of rotatable bonds is 7. The molecule has 2 aliphatic rings. The number of amides is 1. The zero-order valence-electron chi connectivity index (χ0n) is 15.9. The fraction of sp³-hybridized carbons (Fsp3) is 0.409. The van der Waals surface area contributed by atoms with Crippen molar-refractivity contribution in [2.45, 2.75) is 38.0 Å². The Balaban J connectivity index is 1.48. The number of carbonyl (C=O) groups excluding carboxylic acids is 1. The molecule has 148 valence electrons. The lowest BCUT2D eigenvalue weighted by Crippen LogP contribution is -2.70. The van der Waals surface area contributed by atoms with Gasteiger partial charge in [0, 0.05) is 30.4 Å². The van der Waals surface area contributed by atoms with Crippen LogP contribution in [-0.2, 0) is 9.53 Å². The number of carbonyl (C=O) groups is 1. The zero-order chi connectivity index (χ0) is 19.5. The van der Waals surface area contributed by atoms with Crippen LogP contribution >= 0.6 is 11.6 Å². The fourth-order valence-electron chi connectivity index (χ4n) is 3.83. The summed E-state index contributed by atoms with van der Waals surface area (Å²) in [5, 5.41) is 4.12. The summed E-state index contributed by atoms with van der Waals surface area (Å²) in [6.07, 6.45) is 1.95. The predicted molar refractivity (Wildman–Crippen MR) is 110 cm³/mol. The molecule has 2 aliphatic heterocycles. The van der Waals surface area contributed by atoms with Gasteiger partial charge in [-0.3, -0.25) is 4.79 Å². The minimum Gasteiger partial charge on any atom is -0.478 e. The molecule has 0 bridgehead atoms. The van der Waals surface area contributed by atoms with Gasteiger partial charge in [0.2, 0.25) is 0 Å². The quantitative estimate of drug-likeness (QED) is 0.722. The average Bonchev–Trinajstić information content (AvgIpc) is 3.21. The SMILES string of the molecule is Cc1ccccc1N1C(=O)[C@H](Oc2ccc(Cl)cc2)[C@H]1CNC[C@@H]1CCCO1. The van der Waals surface area contributed by atoms with Crippen molar-refractivity contribution in [3.8, 4) is 5.75 Å². The van der Waals surface area contributed by atoms with Crippen molar-refractivity contribution in [1.29, 1.82) is 0 Å². The Morgan fingerprint density at radius 2 is 1.96 bits per heavy atom. The van der Waals surface area contributed by atoms with E-state index in [0.29, 0.717) is 17.3 Å². The van der Waals surface area contributed by atoms with E-state index in [1.165, 1.54) is 0 Å². The van der Waals surface area contributed by atoms with Crippen molar-refractivity contribution in [2.24, 2.45) is 0 Å². The van der Waals surface area contributed by atoms with Crippen LogP contribution in [0.3, 0.4) is 0 Å². The molecule has 1 N–H and O–H groups in total. The molecule has 2 aromatic carbocycles. The van der Waals surface area contributed by atoms with E-state index in [0.717, 1.165) is 37.2 Å². The molecule has 6 heteroatoms. The van der Waals surface area contributed by atoms with Gasteiger partial charge in [0.25, 0.3) is 5.91 Å². The number of para-hydroxylation sites is 1. The predicted octanol–water partition coefficient (Wildman–Crippen LogP) is 3.58. The first-order valence-corrected chi connectivity index (χ1v) is 10.1. The number of nitrogens with zero attached hydrogens (tertiary/aromatic N) is 1. The lowest BCUT2D eigenvalue weighted by atomic mass is 9.95. The molecule has 1 amide bonds. The number of ether oxygens (including phenoxy) is 2. The molecular weight excluding hydrogens is 376 g/mol. The van der Waals surface area contributed by atoms with Gasteiger partial charge in [0.1, 0.15) is 5.75 Å². The summed E-state index contributed by atoms with van der Waals surface area (Å²) in [7, 11) is 0. The van der Waals surface area contributed by atoms with Gasteiger partial charge in [-0.1, -0.05) is 29.8 Å². The fourth-order valence-corrected chi connectivity index (χ4v) is 3.96. The number of hydrogen-bond donors (Lipinski definition) is 1. The van der Waals surface area contributed by atoms with Gasteiger partial charge < -0.3 is 19.7 Å². The number of halogens is 1. The summed E-state index contributed by atoms with van der Waals surface area (Å²) in [6, 6.07) is 15.0. The van der Waals surface area contributed by atoms with Crippen molar-refractivity contribution in [3.63, 3.8) is 0 Å². The molecule has 5 nitrogen and oxygen atoms in total. The maximum atomic E-state index is 12.9. The molecule has 0 radical (unpaired) electrons. The van der Waals surface area contributed by atoms with Crippen LogP contribution in [0.25, 0.3) is 0 Å². The van der Waals surface area contributed by atoms with Crippen molar-refractivity contribution in [2.75, 3.05) is 24.6 Å². The highest BCUT2D eigenvalue weighted by molar-refractivity contribution is 6.30. The number of benzene rings is 2. The Kier molecular flexibility index (Phi) is 5.85. The third-order valence-corrected chi connectivity index (χ3v) is 5.62. The van der Waals surface area contributed by atoms with Crippen LogP contribution in [0.1, 0.15) is 18.4 Å². The van der Waals surface area contributed by atoms with Crippen molar-refractivity contribution >= 4 is 23.2 Å². The standard InChI is InChI=1S/C22H25ClN2O3/c1-15-5-2-3-7-19(15)25-20(14-24-13-18-6-4-12-27-18)21(22(25)26)28-17-10-8-16(23)9-11-17/h2-3,5,7-11,18,20-21,24H,4,6,12-14H2,1H3/t18-,20+,21+/m0/s1. The van der Waals surface area contributed by atoms with E-state index in [-0.39, 0.29) is 18.1 Å². The summed E-state index contributed by atoms with van der Waals surface area (Å²) >= 11 is 5.95. The molecule has 0 spiro atoms. The van der Waals surface area contributed by atoms with Crippen LogP contribution in [-0.4, -0.2) is 43.9 Å². The lowest BCUT2D eigenvalue weighted by Gasteiger charge is -2.47. The van der Waals surface area contributed by atoms with Crippen LogP contribution in [0.2, 0.25) is 5.02 Å². The lowest BCUT2D eigenvalue weighted by molar-refractivity contribution is -0.134. The Bertz CT molecular complexity index is 821. The average molecular weight is 401 g/mol. The Morgan fingerprint density at radius 1 is 1.18 bits per heavy atom. The Morgan fingerprint density at radius 3 is 2.68 bits per heavy atom. The molecule has 2 aromatic rings. The first kappa shape index (κ1) is 19.2. The molecule has 4 rings (SSSR count). The van der Waals surface area contributed by atoms with Crippen molar-refractivity contribution in [3.05, 3.63) is 59.1 Å². The molecular formula is C22H25ClN2O3. The summed E-state index contributed by atoms with van der Waals surface area (Å²) in [5.74, 6) is 0.629. The van der Waals surface area contributed by atoms with Crippen LogP contribution in [0.4, 0.5) is 5.69 Å². The van der Waals surface area contributed by atoms with Gasteiger partial charge in [-0.2, -0.15) is 0 Å². The normalized spacial score (nSPS) is 24.3. The summed E-state index contributed by atoms with van der Waals surface area (Å²) < 4.78 is 11.7. The van der Waals surface area contributed by atoms with Gasteiger partial charge in [-0.15, -0.1) is 0 Å². The Hall–Kier alpha value is -2.08. The van der Waals surface area contributed by atoms with Crippen molar-refractivity contribution in [1.82, 2.24) is 5.32 Å². The highest BCUT2D eigenvalue weighted by atomic mass is 35.5. The van der Waals surface area contributed by atoms with E-state index in [1.54, 1.807) is 24.3 Å². The molecule has 0 aliphatic carbocycles. The third kappa shape index (κ3) is 4.02. The maximum Gasteiger partial charge on any atom is 0.270 e. The van der Waals surface area contributed by atoms with E-state index in [1.807, 2.05) is 36.1 Å². The minimum absolute atomic E-state index is 0.0202. The Labute approximate surface area is 170 Å². The van der Waals surface area contributed by atoms with Crippen LogP contribution in [0.5, 0.6) is 5.75 Å². The minimum atomic E-state index is -0.516. The van der Waals surface area contributed by atoms with Gasteiger partial charge in [-0.25, -0.2) is 0 Å². The van der Waals surface area contributed by atoms with E-state index in [2.05, 4.69) is 5.32 Å². The smallest absolute Gasteiger partial charge is 0.270 e. The number of anilines is 1. The van der Waals surface area contributed by atoms with E-state index in [9.17, 15) is 4.79 Å². The largest absolute Gasteiger partial charge is 0.478 e. The van der Waals surface area contributed by atoms with Gasteiger partial charge in [0.15, 0.2) is 6.10 Å². The highest BCUT2D eigenvalue weighted by Gasteiger charge is 2.50. The molecule has 0 saturated carbocycles. The summed E-state index contributed by atoms with van der Waals surface area (Å²) in [6.45, 7) is 4.30. The third-order valence-electron chi connectivity index (χ3n) is 5.36. The molecule has 2 fully saturated rings. The van der Waals surface area contributed by atoms with Gasteiger partial charge >= 0.3 is 0 Å². The second-order valence-electron chi connectivity index (χ2n) is 7.35. The molecule has 3 atom stereocenters. The van der Waals surface area contributed by atoms with Crippen LogP contribution in [0, 0.1) is 6.92 Å². The molecule has 2 heterocycles. The van der Waals surface area contributed by atoms with E-state index in [4.69, 9.17) is 21.1 Å². The van der Waals surface area contributed by atoms with E-state index < -0.39 is 6.10 Å². The summed E-state index contributed by atoms with van der Waals surface area (Å²) in [4.78, 5) is 14.8. The second-order valence-corrected chi connectivity index (χ2v) is 7.78. The summed E-state index contributed by atoms with van der Waals surface area (Å²) in [5.41, 5.74) is 2.01. The highest BCUT2D eigenvalue weighted by Crippen LogP contribution is 2.33. The first-order valence-electron chi connectivity index (χ1n) is 9.77. The number of β-lactam (4-membered cyclic amide) rings is 1. The van der Waals surface area contributed by atoms with Crippen LogP contribution < -0.4 is 15.0 Å². The zero-order valence-corrected chi connectivity index (χ0v) is 16.7. The molecule has 0 aromatic heterocycles. The number of nitrogens with one attached hydrogen (secondary N) is 1. The maximum absolute atomic E-state index is 12.9. The monoisotopic (exact) mass is 400 g/mol. The molecule has 28 heavy (non-hydrogen) atoms. The molecule has 2 saturated heterocycles. The van der Waals surface area contributed by atoms with Crippen LogP contribution in [0.15, 0.2) is 48.5 Å². The van der Waals surface area contributed by atoms with Gasteiger partial charge in [0.05, 0.1) is 12.1 Å². The van der Waals surface area contributed by atoms with Crippen molar-refractivity contribution < 1.29 is 14.3 Å². The number of aryl methyl sites for hydroxylation is 1. The topological polar surface area (TPSA) is 50.8 Å². The number of hydrogen-bond acceptors (Lipinski definition) is 4. The molecule has 0 unspecified atom stereocenters. The van der Waals surface area contributed by atoms with Gasteiger partial charge in [-0.05, 0) is 55.7 Å². The first-order chi connectivity index (χ1) is 13.6. The van der Waals surface area contributed by atoms with E-state index >= 15 is 0 Å². The second kappa shape index (κ2) is 8.52.